The summed E-state index contributed by atoms with van der Waals surface area (Å²) < 4.78 is 22.0. The van der Waals surface area contributed by atoms with E-state index in [1.165, 1.54) is 37.3 Å². The first-order valence-corrected chi connectivity index (χ1v) is 14.0. The molecule has 0 radical (unpaired) electrons. The average Bonchev–Trinajstić information content (AvgIpc) is 3.15. The average molecular weight is 493 g/mol. The number of ketones is 1. The summed E-state index contributed by atoms with van der Waals surface area (Å²) in [6.45, 7) is 14.4. The van der Waals surface area contributed by atoms with E-state index in [1.807, 2.05) is 0 Å². The van der Waals surface area contributed by atoms with Gasteiger partial charge in [-0.2, -0.15) is 0 Å². The first-order valence-electron chi connectivity index (χ1n) is 11.1. The molecule has 1 saturated heterocycles. The van der Waals surface area contributed by atoms with Gasteiger partial charge < -0.3 is 23.5 Å². The number of rotatable bonds is 9. The molecule has 34 heavy (non-hydrogen) atoms. The third-order valence-electron chi connectivity index (χ3n) is 6.28. The topological polar surface area (TPSA) is 103 Å². The van der Waals surface area contributed by atoms with Gasteiger partial charge in [0.15, 0.2) is 25.6 Å². The fourth-order valence-electron chi connectivity index (χ4n) is 3.26. The highest BCUT2D eigenvalue weighted by atomic mass is 28.4. The van der Waals surface area contributed by atoms with Crippen molar-refractivity contribution in [2.24, 2.45) is 0 Å². The Labute approximate surface area is 202 Å². The van der Waals surface area contributed by atoms with Crippen molar-refractivity contribution in [2.75, 3.05) is 39.3 Å². The molecular formula is C24H36N2O7Si. The molecule has 2 amide bonds. The van der Waals surface area contributed by atoms with Gasteiger partial charge in [0.1, 0.15) is 6.61 Å². The minimum absolute atomic E-state index is 0.00328. The summed E-state index contributed by atoms with van der Waals surface area (Å²) in [7, 11) is 0.824. The molecule has 1 aliphatic heterocycles. The molecule has 0 bridgehead atoms. The second kappa shape index (κ2) is 11.0. The molecule has 0 saturated carbocycles. The van der Waals surface area contributed by atoms with Crippen LogP contribution in [0.4, 0.5) is 10.5 Å². The number of hydrogen-bond donors (Lipinski definition) is 1. The number of benzene rings is 1. The second-order valence-corrected chi connectivity index (χ2v) is 14.5. The minimum atomic E-state index is -2.08. The van der Waals surface area contributed by atoms with E-state index in [0.29, 0.717) is 11.5 Å². The van der Waals surface area contributed by atoms with E-state index in [-0.39, 0.29) is 48.3 Å². The van der Waals surface area contributed by atoms with E-state index in [0.717, 1.165) is 0 Å². The molecule has 1 unspecified atom stereocenters. The highest BCUT2D eigenvalue weighted by Crippen LogP contribution is 2.38. The lowest BCUT2D eigenvalue weighted by Crippen LogP contribution is -2.46. The van der Waals surface area contributed by atoms with Crippen molar-refractivity contribution < 1.29 is 33.0 Å². The molecule has 1 atom stereocenters. The minimum Gasteiger partial charge on any atom is -0.493 e. The van der Waals surface area contributed by atoms with Crippen LogP contribution in [0, 0.1) is 0 Å². The van der Waals surface area contributed by atoms with Crippen LogP contribution in [0.3, 0.4) is 0 Å². The number of carbonyl (C=O) groups excluding carboxylic acids is 3. The van der Waals surface area contributed by atoms with Crippen LogP contribution in [0.1, 0.15) is 37.6 Å². The quantitative estimate of drug-likeness (QED) is 0.406. The van der Waals surface area contributed by atoms with Gasteiger partial charge in [0.05, 0.1) is 44.7 Å². The number of carbonyl (C=O) groups is 3. The second-order valence-electron chi connectivity index (χ2n) is 9.67. The van der Waals surface area contributed by atoms with Crippen molar-refractivity contribution in [2.45, 2.75) is 51.4 Å². The Kier molecular flexibility index (Phi) is 8.90. The van der Waals surface area contributed by atoms with Crippen molar-refractivity contribution in [1.82, 2.24) is 4.90 Å². The smallest absolute Gasteiger partial charge is 0.411 e. The zero-order valence-electron chi connectivity index (χ0n) is 21.1. The fraction of sp³-hybridized carbons (Fsp3) is 0.542. The predicted molar refractivity (Wildman–Crippen MR) is 132 cm³/mol. The summed E-state index contributed by atoms with van der Waals surface area (Å²) in [5.41, 5.74) is 0.334. The Morgan fingerprint density at radius 1 is 1.21 bits per heavy atom. The lowest BCUT2D eigenvalue weighted by atomic mass is 10.1. The first-order chi connectivity index (χ1) is 15.8. The summed E-state index contributed by atoms with van der Waals surface area (Å²) >= 11 is 0. The van der Waals surface area contributed by atoms with Crippen LogP contribution in [0.2, 0.25) is 18.1 Å². The van der Waals surface area contributed by atoms with E-state index in [4.69, 9.17) is 18.6 Å². The van der Waals surface area contributed by atoms with Crippen LogP contribution < -0.4 is 14.8 Å². The van der Waals surface area contributed by atoms with Crippen LogP contribution in [0.25, 0.3) is 0 Å². The molecule has 0 aliphatic carbocycles. The maximum atomic E-state index is 13.6. The van der Waals surface area contributed by atoms with E-state index in [1.54, 1.807) is 0 Å². The standard InChI is InChI=1S/C24H36N2O7Si/c1-9-10-32-23(29)25-19-13-21(31-6)20(30-5)12-18(19)22(28)26-14-17(27)11-16(26)15-33-34(7,8)24(2,3)4/h9,12-13,16H,1,10-11,14-15H2,2-8H3,(H,25,29). The molecule has 2 rings (SSSR count). The van der Waals surface area contributed by atoms with Crippen molar-refractivity contribution >= 4 is 31.8 Å². The summed E-state index contributed by atoms with van der Waals surface area (Å²) in [6, 6.07) is 2.57. The molecule has 0 aromatic heterocycles. The number of hydrogen-bond acceptors (Lipinski definition) is 7. The number of amides is 2. The Balaban J connectivity index is 2.37. The number of nitrogens with zero attached hydrogens (tertiary/aromatic N) is 1. The zero-order valence-corrected chi connectivity index (χ0v) is 22.1. The molecule has 1 fully saturated rings. The molecule has 188 valence electrons. The Morgan fingerprint density at radius 2 is 1.82 bits per heavy atom. The predicted octanol–water partition coefficient (Wildman–Crippen LogP) is 4.24. The monoisotopic (exact) mass is 492 g/mol. The summed E-state index contributed by atoms with van der Waals surface area (Å²) in [6.07, 6.45) is 0.900. The van der Waals surface area contributed by atoms with Crippen LogP contribution in [0.15, 0.2) is 24.8 Å². The third-order valence-corrected chi connectivity index (χ3v) is 10.8. The van der Waals surface area contributed by atoms with E-state index < -0.39 is 26.4 Å². The van der Waals surface area contributed by atoms with Gasteiger partial charge in [-0.05, 0) is 24.2 Å². The number of nitrogens with one attached hydrogen (secondary N) is 1. The molecule has 1 heterocycles. The number of methoxy groups -OCH3 is 2. The van der Waals surface area contributed by atoms with E-state index in [9.17, 15) is 14.4 Å². The SMILES string of the molecule is C=CCOC(=O)Nc1cc(OC)c(OC)cc1C(=O)N1CC(=O)CC1CO[Si](C)(C)C(C)(C)C. The molecule has 0 spiro atoms. The molecule has 1 aromatic rings. The van der Waals surface area contributed by atoms with Gasteiger partial charge in [-0.15, -0.1) is 0 Å². The van der Waals surface area contributed by atoms with Gasteiger partial charge in [-0.1, -0.05) is 33.4 Å². The number of anilines is 1. The summed E-state index contributed by atoms with van der Waals surface area (Å²) in [4.78, 5) is 39.7. The normalized spacial score (nSPS) is 16.3. The molecule has 1 aliphatic rings. The zero-order chi connectivity index (χ0) is 25.7. The molecule has 10 heteroatoms. The fourth-order valence-corrected chi connectivity index (χ4v) is 4.30. The van der Waals surface area contributed by atoms with Crippen molar-refractivity contribution in [1.29, 1.82) is 0 Å². The number of likely N-dealkylation sites (tertiary alicyclic amines) is 1. The first kappa shape index (κ1) is 27.4. The van der Waals surface area contributed by atoms with E-state index >= 15 is 0 Å². The highest BCUT2D eigenvalue weighted by Gasteiger charge is 2.41. The van der Waals surface area contributed by atoms with Gasteiger partial charge in [0.2, 0.25) is 0 Å². The van der Waals surface area contributed by atoms with Gasteiger partial charge in [-0.3, -0.25) is 14.9 Å². The molecule has 1 N–H and O–H groups in total. The summed E-state index contributed by atoms with van der Waals surface area (Å²) in [5, 5.41) is 2.57. The Morgan fingerprint density at radius 3 is 2.38 bits per heavy atom. The molecule has 1 aromatic carbocycles. The number of ether oxygens (including phenoxy) is 3. The Hall–Kier alpha value is -2.85. The van der Waals surface area contributed by atoms with Gasteiger partial charge >= 0.3 is 6.09 Å². The maximum absolute atomic E-state index is 13.6. The highest BCUT2D eigenvalue weighted by molar-refractivity contribution is 6.74. The van der Waals surface area contributed by atoms with Crippen LogP contribution >= 0.6 is 0 Å². The largest absolute Gasteiger partial charge is 0.493 e. The van der Waals surface area contributed by atoms with Gasteiger partial charge in [0, 0.05) is 12.5 Å². The lowest BCUT2D eigenvalue weighted by Gasteiger charge is -2.37. The van der Waals surface area contributed by atoms with Crippen LogP contribution in [0.5, 0.6) is 11.5 Å². The van der Waals surface area contributed by atoms with Crippen molar-refractivity contribution in [3.05, 3.63) is 30.4 Å². The van der Waals surface area contributed by atoms with Gasteiger partial charge in [0.25, 0.3) is 5.91 Å². The maximum Gasteiger partial charge on any atom is 0.411 e. The molecule has 9 nitrogen and oxygen atoms in total. The van der Waals surface area contributed by atoms with E-state index in [2.05, 4.69) is 45.8 Å². The lowest BCUT2D eigenvalue weighted by molar-refractivity contribution is -0.116. The van der Waals surface area contributed by atoms with Crippen molar-refractivity contribution in [3.8, 4) is 11.5 Å². The Bertz CT molecular complexity index is 940. The number of Topliss-reactive ketones (excluding diaryl/α,β-unsaturated/α-hetero) is 1. The van der Waals surface area contributed by atoms with Crippen LogP contribution in [-0.2, 0) is 14.0 Å². The third kappa shape index (κ3) is 6.38. The van der Waals surface area contributed by atoms with Gasteiger partial charge in [-0.25, -0.2) is 4.79 Å². The van der Waals surface area contributed by atoms with Crippen molar-refractivity contribution in [3.63, 3.8) is 0 Å². The molecular weight excluding hydrogens is 456 g/mol. The summed E-state index contributed by atoms with van der Waals surface area (Å²) in [5.74, 6) is 0.177. The van der Waals surface area contributed by atoms with Crippen LogP contribution in [-0.4, -0.2) is 71.0 Å².